The third-order valence-electron chi connectivity index (χ3n) is 4.06. The first-order chi connectivity index (χ1) is 13.8. The number of fused-ring (bicyclic) bond motifs is 1. The van der Waals surface area contributed by atoms with Gasteiger partial charge in [0.15, 0.2) is 5.16 Å². The van der Waals surface area contributed by atoms with Crippen molar-refractivity contribution in [2.75, 3.05) is 5.75 Å². The fourth-order valence-corrected chi connectivity index (χ4v) is 4.17. The van der Waals surface area contributed by atoms with Gasteiger partial charge in [0.2, 0.25) is 0 Å². The lowest BCUT2D eigenvalue weighted by Gasteiger charge is -2.09. The third kappa shape index (κ3) is 4.49. The largest absolute Gasteiger partial charge is 0.314 e. The van der Waals surface area contributed by atoms with Crippen LogP contribution in [0.3, 0.4) is 0 Å². The maximum Gasteiger partial charge on any atom is 0.250 e. The van der Waals surface area contributed by atoms with Gasteiger partial charge in [0.25, 0.3) is 5.91 Å². The number of hydrazone groups is 1. The van der Waals surface area contributed by atoms with Gasteiger partial charge >= 0.3 is 0 Å². The molecule has 1 amide bonds. The van der Waals surface area contributed by atoms with Crippen molar-refractivity contribution in [2.45, 2.75) is 11.7 Å². The number of carbonyl (C=O) groups excluding carboxylic acids is 1. The molecular weight excluding hydrogens is 388 g/mol. The molecule has 0 radical (unpaired) electrons. The number of hydrogen-bond acceptors (Lipinski definition) is 5. The fourth-order valence-electron chi connectivity index (χ4n) is 2.78. The number of carbonyl (C=O) groups is 1. The highest BCUT2D eigenvalue weighted by Crippen LogP contribution is 2.25. The smallest absolute Gasteiger partial charge is 0.250 e. The maximum atomic E-state index is 12.2. The van der Waals surface area contributed by atoms with E-state index in [4.69, 9.17) is 4.98 Å². The predicted octanol–water partition coefficient (Wildman–Crippen LogP) is 4.39. The highest BCUT2D eigenvalue weighted by atomic mass is 32.2. The fraction of sp³-hybridized carbons (Fsp3) is 0.0952. The Morgan fingerprint density at radius 2 is 1.93 bits per heavy atom. The van der Waals surface area contributed by atoms with Crippen molar-refractivity contribution in [1.29, 1.82) is 0 Å². The summed E-state index contributed by atoms with van der Waals surface area (Å²) in [6.07, 6.45) is 1.65. The minimum Gasteiger partial charge on any atom is -0.314 e. The van der Waals surface area contributed by atoms with E-state index < -0.39 is 0 Å². The van der Waals surface area contributed by atoms with Crippen LogP contribution in [0.1, 0.15) is 10.4 Å². The first-order valence-corrected chi connectivity index (χ1v) is 10.6. The second-order valence-corrected chi connectivity index (χ2v) is 7.97. The quantitative estimate of drug-likeness (QED) is 0.281. The Morgan fingerprint density at radius 3 is 2.75 bits per heavy atom. The molecule has 0 bridgehead atoms. The summed E-state index contributed by atoms with van der Waals surface area (Å²) >= 11 is 2.99. The topological polar surface area (TPSA) is 59.3 Å². The van der Waals surface area contributed by atoms with Crippen molar-refractivity contribution >= 4 is 46.3 Å². The molecule has 0 atom stereocenters. The lowest BCUT2D eigenvalue weighted by Crippen LogP contribution is -2.20. The van der Waals surface area contributed by atoms with E-state index in [1.54, 1.807) is 17.6 Å². The van der Waals surface area contributed by atoms with Crippen molar-refractivity contribution in [3.05, 3.63) is 82.6 Å². The highest BCUT2D eigenvalue weighted by Gasteiger charge is 2.13. The molecule has 7 heteroatoms. The zero-order valence-corrected chi connectivity index (χ0v) is 16.6. The number of nitrogens with one attached hydrogen (secondary N) is 1. The molecule has 0 aliphatic heterocycles. The van der Waals surface area contributed by atoms with Crippen molar-refractivity contribution in [3.63, 3.8) is 0 Å². The molecule has 0 saturated heterocycles. The van der Waals surface area contributed by atoms with Crippen molar-refractivity contribution in [3.8, 4) is 0 Å². The van der Waals surface area contributed by atoms with Gasteiger partial charge in [-0.05, 0) is 29.1 Å². The molecule has 28 heavy (non-hydrogen) atoms. The number of thioether (sulfide) groups is 1. The van der Waals surface area contributed by atoms with Crippen LogP contribution in [0.2, 0.25) is 0 Å². The predicted molar refractivity (Wildman–Crippen MR) is 116 cm³/mol. The summed E-state index contributed by atoms with van der Waals surface area (Å²) in [5, 5.41) is 6.79. The summed E-state index contributed by atoms with van der Waals surface area (Å²) in [5.74, 6) is 0.0935. The number of aromatic nitrogens is 2. The minimum absolute atomic E-state index is 0.156. The molecule has 2 aromatic heterocycles. The van der Waals surface area contributed by atoms with Crippen LogP contribution < -0.4 is 5.43 Å². The second-order valence-electron chi connectivity index (χ2n) is 6.05. The van der Waals surface area contributed by atoms with E-state index in [0.29, 0.717) is 6.54 Å². The summed E-state index contributed by atoms with van der Waals surface area (Å²) in [6.45, 7) is 0.710. The maximum absolute atomic E-state index is 12.2. The zero-order valence-electron chi connectivity index (χ0n) is 15.0. The Morgan fingerprint density at radius 1 is 1.11 bits per heavy atom. The van der Waals surface area contributed by atoms with E-state index in [9.17, 15) is 4.79 Å². The SMILES string of the molecule is O=C(CSc1nc2ccccc2n1Cc1ccccc1)N/N=C/c1cccs1. The van der Waals surface area contributed by atoms with Gasteiger partial charge in [-0.1, -0.05) is 60.3 Å². The molecule has 0 aliphatic carbocycles. The van der Waals surface area contributed by atoms with Gasteiger partial charge in [0.1, 0.15) is 0 Å². The number of hydrogen-bond donors (Lipinski definition) is 1. The molecule has 0 fully saturated rings. The van der Waals surface area contributed by atoms with Crippen molar-refractivity contribution in [2.24, 2.45) is 5.10 Å². The lowest BCUT2D eigenvalue weighted by molar-refractivity contribution is -0.118. The number of amides is 1. The Hall–Kier alpha value is -2.90. The number of nitrogens with zero attached hydrogens (tertiary/aromatic N) is 3. The van der Waals surface area contributed by atoms with E-state index in [1.807, 2.05) is 53.9 Å². The Kier molecular flexibility index (Phi) is 5.84. The molecule has 5 nitrogen and oxygen atoms in total. The molecule has 0 saturated carbocycles. The van der Waals surface area contributed by atoms with Gasteiger partial charge in [-0.2, -0.15) is 5.10 Å². The van der Waals surface area contributed by atoms with Crippen LogP contribution in [0.4, 0.5) is 0 Å². The number of para-hydroxylation sites is 2. The summed E-state index contributed by atoms with van der Waals surface area (Å²) in [4.78, 5) is 17.9. The van der Waals surface area contributed by atoms with Crippen molar-refractivity contribution < 1.29 is 4.79 Å². The zero-order chi connectivity index (χ0) is 19.2. The highest BCUT2D eigenvalue weighted by molar-refractivity contribution is 7.99. The first-order valence-electron chi connectivity index (χ1n) is 8.77. The summed E-state index contributed by atoms with van der Waals surface area (Å²) in [6, 6.07) is 22.2. The molecule has 0 unspecified atom stereocenters. The lowest BCUT2D eigenvalue weighted by atomic mass is 10.2. The van der Waals surface area contributed by atoms with Gasteiger partial charge < -0.3 is 4.57 Å². The monoisotopic (exact) mass is 406 g/mol. The molecule has 4 aromatic rings. The Bertz CT molecular complexity index is 1090. The van der Waals surface area contributed by atoms with Gasteiger partial charge in [-0.25, -0.2) is 10.4 Å². The molecular formula is C21H18N4OS2. The Labute approximate surface area is 171 Å². The van der Waals surface area contributed by atoms with E-state index in [0.717, 1.165) is 21.1 Å². The minimum atomic E-state index is -0.156. The molecule has 1 N–H and O–H groups in total. The van der Waals surface area contributed by atoms with E-state index >= 15 is 0 Å². The van der Waals surface area contributed by atoms with Crippen LogP contribution in [0.5, 0.6) is 0 Å². The second kappa shape index (κ2) is 8.86. The summed E-state index contributed by atoms with van der Waals surface area (Å²) in [7, 11) is 0. The molecule has 0 spiro atoms. The summed E-state index contributed by atoms with van der Waals surface area (Å²) < 4.78 is 2.15. The molecule has 2 aromatic carbocycles. The van der Waals surface area contributed by atoms with Crippen molar-refractivity contribution in [1.82, 2.24) is 15.0 Å². The van der Waals surface area contributed by atoms with Crippen LogP contribution in [0.25, 0.3) is 11.0 Å². The van der Waals surface area contributed by atoms with Crippen LogP contribution in [0.15, 0.2) is 82.4 Å². The van der Waals surface area contributed by atoms with Gasteiger partial charge in [-0.15, -0.1) is 11.3 Å². The van der Waals surface area contributed by atoms with E-state index in [2.05, 4.69) is 33.3 Å². The molecule has 140 valence electrons. The number of thiophene rings is 1. The van der Waals surface area contributed by atoms with E-state index in [1.165, 1.54) is 17.3 Å². The normalized spacial score (nSPS) is 11.3. The average Bonchev–Trinajstić information content (AvgIpc) is 3.36. The summed E-state index contributed by atoms with van der Waals surface area (Å²) in [5.41, 5.74) is 5.75. The van der Waals surface area contributed by atoms with Crippen LogP contribution >= 0.6 is 23.1 Å². The van der Waals surface area contributed by atoms with E-state index in [-0.39, 0.29) is 11.7 Å². The van der Waals surface area contributed by atoms with Crippen LogP contribution in [-0.2, 0) is 11.3 Å². The Balaban J connectivity index is 1.47. The van der Waals surface area contributed by atoms with Gasteiger partial charge in [-0.3, -0.25) is 4.79 Å². The van der Waals surface area contributed by atoms with Crippen LogP contribution in [0, 0.1) is 0 Å². The number of benzene rings is 2. The molecule has 0 aliphatic rings. The number of imidazole rings is 1. The molecule has 2 heterocycles. The third-order valence-corrected chi connectivity index (χ3v) is 5.84. The number of rotatable bonds is 7. The van der Waals surface area contributed by atoms with Crippen LogP contribution in [-0.4, -0.2) is 27.4 Å². The average molecular weight is 407 g/mol. The van der Waals surface area contributed by atoms with Gasteiger partial charge in [0, 0.05) is 4.88 Å². The standard InChI is InChI=1S/C21H18N4OS2/c26-20(24-22-13-17-9-6-12-27-17)15-28-21-23-18-10-4-5-11-19(18)25(21)14-16-7-2-1-3-8-16/h1-13H,14-15H2,(H,24,26)/b22-13+. The molecule has 4 rings (SSSR count). The van der Waals surface area contributed by atoms with Gasteiger partial charge in [0.05, 0.1) is 29.5 Å². The first kappa shape index (κ1) is 18.5.